The Morgan fingerprint density at radius 2 is 1.83 bits per heavy atom. The number of para-hydroxylation sites is 1. The Bertz CT molecular complexity index is 1080. The minimum atomic E-state index is 0.293. The summed E-state index contributed by atoms with van der Waals surface area (Å²) in [6.07, 6.45) is 0.922. The molecule has 3 heterocycles. The minimum absolute atomic E-state index is 0.293. The zero-order valence-corrected chi connectivity index (χ0v) is 18.0. The molecule has 2 aliphatic heterocycles. The molecule has 1 fully saturated rings. The van der Waals surface area contributed by atoms with Gasteiger partial charge in [0, 0.05) is 47.4 Å². The first-order valence-electron chi connectivity index (χ1n) is 11.1. The van der Waals surface area contributed by atoms with Crippen LogP contribution >= 0.6 is 0 Å². The van der Waals surface area contributed by atoms with Crippen LogP contribution in [0.2, 0.25) is 0 Å². The predicted molar refractivity (Wildman–Crippen MR) is 121 cm³/mol. The number of benzene rings is 2. The number of quaternary nitrogens is 1. The van der Waals surface area contributed by atoms with Gasteiger partial charge in [0.2, 0.25) is 0 Å². The van der Waals surface area contributed by atoms with Crippen molar-refractivity contribution in [1.82, 2.24) is 9.88 Å². The fraction of sp³-hybridized carbons (Fsp3) is 0.400. The highest BCUT2D eigenvalue weighted by atomic mass is 16.2. The molecular weight excluding hydrogens is 372 g/mol. The van der Waals surface area contributed by atoms with Gasteiger partial charge in [-0.3, -0.25) is 4.79 Å². The van der Waals surface area contributed by atoms with Crippen LogP contribution in [0.3, 0.4) is 0 Å². The van der Waals surface area contributed by atoms with E-state index in [0.29, 0.717) is 12.5 Å². The quantitative estimate of drug-likeness (QED) is 0.703. The number of nitrogens with zero attached hydrogens (tertiary/aromatic N) is 2. The molecule has 0 saturated carbocycles. The SMILES string of the molecule is Cc1cccc(N2CC[NH+](CC(=O)N3CCc4[nH]c5ccccc5c4C3)CC2)c1C. The fourth-order valence-electron chi connectivity index (χ4n) is 5.02. The average molecular weight is 404 g/mol. The van der Waals surface area contributed by atoms with Crippen molar-refractivity contribution in [3.8, 4) is 0 Å². The molecule has 1 aromatic heterocycles. The summed E-state index contributed by atoms with van der Waals surface area (Å²) < 4.78 is 0. The van der Waals surface area contributed by atoms with Gasteiger partial charge in [0.1, 0.15) is 0 Å². The number of carbonyl (C=O) groups is 1. The van der Waals surface area contributed by atoms with E-state index in [4.69, 9.17) is 0 Å². The highest BCUT2D eigenvalue weighted by Gasteiger charge is 2.28. The van der Waals surface area contributed by atoms with Gasteiger partial charge in [0.25, 0.3) is 5.91 Å². The second-order valence-electron chi connectivity index (χ2n) is 8.83. The van der Waals surface area contributed by atoms with E-state index < -0.39 is 0 Å². The number of rotatable bonds is 3. The van der Waals surface area contributed by atoms with Crippen LogP contribution in [0.5, 0.6) is 0 Å². The van der Waals surface area contributed by atoms with Crippen molar-refractivity contribution in [2.45, 2.75) is 26.8 Å². The molecule has 0 aliphatic carbocycles. The lowest BCUT2D eigenvalue weighted by Gasteiger charge is -2.35. The molecule has 0 unspecified atom stereocenters. The largest absolute Gasteiger partial charge is 0.360 e. The van der Waals surface area contributed by atoms with Crippen LogP contribution in [0.25, 0.3) is 10.9 Å². The number of piperazine rings is 1. The lowest BCUT2D eigenvalue weighted by atomic mass is 10.0. The summed E-state index contributed by atoms with van der Waals surface area (Å²) in [7, 11) is 0. The summed E-state index contributed by atoms with van der Waals surface area (Å²) in [6, 6.07) is 15.0. The molecule has 5 heteroatoms. The van der Waals surface area contributed by atoms with E-state index in [1.54, 1.807) is 0 Å². The fourth-order valence-corrected chi connectivity index (χ4v) is 5.02. The summed E-state index contributed by atoms with van der Waals surface area (Å²) in [5.74, 6) is 0.293. The molecule has 0 bridgehead atoms. The average Bonchev–Trinajstić information content (AvgIpc) is 3.14. The van der Waals surface area contributed by atoms with Crippen LogP contribution in [0.15, 0.2) is 42.5 Å². The molecule has 5 rings (SSSR count). The molecule has 1 saturated heterocycles. The summed E-state index contributed by atoms with van der Waals surface area (Å²) in [5.41, 5.74) is 7.86. The minimum Gasteiger partial charge on any atom is -0.360 e. The number of fused-ring (bicyclic) bond motifs is 3. The zero-order valence-electron chi connectivity index (χ0n) is 18.0. The van der Waals surface area contributed by atoms with Crippen LogP contribution in [0.1, 0.15) is 22.4 Å². The van der Waals surface area contributed by atoms with Gasteiger partial charge in [0.05, 0.1) is 26.2 Å². The number of H-pyrrole nitrogens is 1. The van der Waals surface area contributed by atoms with Gasteiger partial charge in [-0.1, -0.05) is 30.3 Å². The molecule has 2 aliphatic rings. The third kappa shape index (κ3) is 3.47. The number of carbonyl (C=O) groups excluding carboxylic acids is 1. The number of aromatic nitrogens is 1. The van der Waals surface area contributed by atoms with Gasteiger partial charge >= 0.3 is 0 Å². The molecule has 2 aromatic carbocycles. The summed E-state index contributed by atoms with van der Waals surface area (Å²) in [6.45, 7) is 10.6. The number of amides is 1. The van der Waals surface area contributed by atoms with Crippen molar-refractivity contribution in [2.24, 2.45) is 0 Å². The maximum absolute atomic E-state index is 13.1. The second kappa shape index (κ2) is 7.80. The molecule has 30 heavy (non-hydrogen) atoms. The highest BCUT2D eigenvalue weighted by Crippen LogP contribution is 2.27. The number of nitrogens with one attached hydrogen (secondary N) is 2. The third-order valence-corrected chi connectivity index (χ3v) is 7.02. The Kier molecular flexibility index (Phi) is 4.99. The number of aryl methyl sites for hydroxylation is 1. The number of anilines is 1. The molecule has 156 valence electrons. The monoisotopic (exact) mass is 403 g/mol. The van der Waals surface area contributed by atoms with Gasteiger partial charge in [-0.05, 0) is 37.1 Å². The first kappa shape index (κ1) is 19.2. The van der Waals surface area contributed by atoms with Crippen LogP contribution in [-0.4, -0.2) is 55.1 Å². The van der Waals surface area contributed by atoms with Gasteiger partial charge in [-0.15, -0.1) is 0 Å². The third-order valence-electron chi connectivity index (χ3n) is 7.02. The van der Waals surface area contributed by atoms with E-state index in [1.807, 2.05) is 0 Å². The van der Waals surface area contributed by atoms with E-state index >= 15 is 0 Å². The normalized spacial score (nSPS) is 17.4. The maximum atomic E-state index is 13.1. The Morgan fingerprint density at radius 3 is 2.67 bits per heavy atom. The first-order chi connectivity index (χ1) is 14.6. The topological polar surface area (TPSA) is 43.8 Å². The Balaban J connectivity index is 1.20. The Labute approximate surface area is 178 Å². The van der Waals surface area contributed by atoms with Gasteiger partial charge in [-0.25, -0.2) is 0 Å². The van der Waals surface area contributed by atoms with Crippen molar-refractivity contribution in [3.05, 3.63) is 64.8 Å². The summed E-state index contributed by atoms with van der Waals surface area (Å²) in [5, 5.41) is 1.26. The molecule has 3 aromatic rings. The predicted octanol–water partition coefficient (Wildman–Crippen LogP) is 2.07. The van der Waals surface area contributed by atoms with Crippen LogP contribution in [0.4, 0.5) is 5.69 Å². The van der Waals surface area contributed by atoms with E-state index in [2.05, 4.69) is 71.1 Å². The molecule has 0 radical (unpaired) electrons. The highest BCUT2D eigenvalue weighted by molar-refractivity contribution is 5.86. The van der Waals surface area contributed by atoms with Gasteiger partial charge in [0.15, 0.2) is 6.54 Å². The van der Waals surface area contributed by atoms with Gasteiger partial charge in [-0.2, -0.15) is 0 Å². The lowest BCUT2D eigenvalue weighted by Crippen LogP contribution is -3.15. The van der Waals surface area contributed by atoms with Crippen molar-refractivity contribution in [3.63, 3.8) is 0 Å². The van der Waals surface area contributed by atoms with E-state index in [9.17, 15) is 4.79 Å². The van der Waals surface area contributed by atoms with Crippen molar-refractivity contribution < 1.29 is 9.69 Å². The van der Waals surface area contributed by atoms with E-state index in [0.717, 1.165) is 45.7 Å². The molecule has 0 spiro atoms. The maximum Gasteiger partial charge on any atom is 0.278 e. The van der Waals surface area contributed by atoms with Crippen LogP contribution < -0.4 is 9.80 Å². The van der Waals surface area contributed by atoms with Crippen molar-refractivity contribution >= 4 is 22.5 Å². The summed E-state index contributed by atoms with van der Waals surface area (Å²) >= 11 is 0. The van der Waals surface area contributed by atoms with Crippen LogP contribution in [-0.2, 0) is 17.8 Å². The lowest BCUT2D eigenvalue weighted by molar-refractivity contribution is -0.892. The van der Waals surface area contributed by atoms with Gasteiger partial charge < -0.3 is 19.7 Å². The number of aromatic amines is 1. The summed E-state index contributed by atoms with van der Waals surface area (Å²) in [4.78, 5) is 22.6. The smallest absolute Gasteiger partial charge is 0.278 e. The molecule has 0 atom stereocenters. The van der Waals surface area contributed by atoms with Crippen LogP contribution in [0, 0.1) is 13.8 Å². The molecule has 5 nitrogen and oxygen atoms in total. The number of hydrogen-bond acceptors (Lipinski definition) is 2. The molecule has 1 amide bonds. The second-order valence-corrected chi connectivity index (χ2v) is 8.83. The molecular formula is C25H31N4O+. The first-order valence-corrected chi connectivity index (χ1v) is 11.1. The van der Waals surface area contributed by atoms with E-state index in [1.165, 1.54) is 43.9 Å². The van der Waals surface area contributed by atoms with E-state index in [-0.39, 0.29) is 0 Å². The zero-order chi connectivity index (χ0) is 20.7. The standard InChI is InChI=1S/C25H30N4O/c1-18-6-5-9-24(19(18)2)28-14-12-27(13-15-28)17-25(30)29-11-10-23-21(16-29)20-7-3-4-8-22(20)26-23/h3-9,26H,10-17H2,1-2H3/p+1. The number of hydrogen-bond donors (Lipinski definition) is 2. The van der Waals surface area contributed by atoms with Crippen molar-refractivity contribution in [2.75, 3.05) is 44.2 Å². The Morgan fingerprint density at radius 1 is 1.03 bits per heavy atom. The Hall–Kier alpha value is -2.79. The van der Waals surface area contributed by atoms with Crippen molar-refractivity contribution in [1.29, 1.82) is 0 Å². The molecule has 2 N–H and O–H groups in total.